The largest absolute Gasteiger partial charge is 0.266 e. The van der Waals surface area contributed by atoms with Crippen molar-refractivity contribution in [2.24, 2.45) is 0 Å². The maximum atomic E-state index is 12.2. The first-order chi connectivity index (χ1) is 7.56. The van der Waals surface area contributed by atoms with Crippen LogP contribution >= 0.6 is 0 Å². The third kappa shape index (κ3) is 2.21. The summed E-state index contributed by atoms with van der Waals surface area (Å²) in [6, 6.07) is 5.88. The van der Waals surface area contributed by atoms with Crippen molar-refractivity contribution in [3.63, 3.8) is 0 Å². The molecule has 1 heterocycles. The summed E-state index contributed by atoms with van der Waals surface area (Å²) in [5.41, 5.74) is 1.97. The number of hydrogen-bond donors (Lipinski definition) is 0. The molecule has 0 amide bonds. The van der Waals surface area contributed by atoms with Gasteiger partial charge in [-0.15, -0.1) is 0 Å². The van der Waals surface area contributed by atoms with Crippen LogP contribution in [-0.4, -0.2) is 16.2 Å². The SMILES string of the molecule is CC(C)c1ccc2nn(CC(F)F)cc2c1. The molecule has 0 N–H and O–H groups in total. The molecule has 0 bridgehead atoms. The Balaban J connectivity index is 2.38. The molecule has 0 unspecified atom stereocenters. The van der Waals surface area contributed by atoms with Crippen LogP contribution in [0.2, 0.25) is 0 Å². The molecule has 0 aliphatic carbocycles. The Bertz CT molecular complexity index is 489. The Hall–Kier alpha value is -1.45. The molecule has 2 aromatic rings. The number of aromatic nitrogens is 2. The van der Waals surface area contributed by atoms with Crippen LogP contribution in [-0.2, 0) is 6.54 Å². The molecular weight excluding hydrogens is 210 g/mol. The van der Waals surface area contributed by atoms with Gasteiger partial charge in [-0.2, -0.15) is 5.10 Å². The zero-order valence-corrected chi connectivity index (χ0v) is 9.32. The molecule has 2 nitrogen and oxygen atoms in total. The fraction of sp³-hybridized carbons (Fsp3) is 0.417. The van der Waals surface area contributed by atoms with Gasteiger partial charge in [0.1, 0.15) is 6.54 Å². The molecule has 0 saturated carbocycles. The average Bonchev–Trinajstić information content (AvgIpc) is 2.56. The van der Waals surface area contributed by atoms with Gasteiger partial charge in [0.15, 0.2) is 0 Å². The van der Waals surface area contributed by atoms with E-state index in [0.29, 0.717) is 5.92 Å². The standard InChI is InChI=1S/C12H14F2N2/c1-8(2)9-3-4-11-10(5-9)6-16(15-11)7-12(13)14/h3-6,8,12H,7H2,1-2H3. The lowest BCUT2D eigenvalue weighted by Gasteiger charge is -2.03. The molecule has 16 heavy (non-hydrogen) atoms. The van der Waals surface area contributed by atoms with Gasteiger partial charge >= 0.3 is 0 Å². The molecule has 0 aliphatic rings. The maximum Gasteiger partial charge on any atom is 0.257 e. The molecule has 2 rings (SSSR count). The highest BCUT2D eigenvalue weighted by atomic mass is 19.3. The van der Waals surface area contributed by atoms with E-state index >= 15 is 0 Å². The predicted molar refractivity (Wildman–Crippen MR) is 59.8 cm³/mol. The van der Waals surface area contributed by atoms with E-state index < -0.39 is 6.43 Å². The minimum absolute atomic E-state index is 0.342. The van der Waals surface area contributed by atoms with Gasteiger partial charge in [0, 0.05) is 11.6 Å². The highest BCUT2D eigenvalue weighted by Crippen LogP contribution is 2.20. The number of benzene rings is 1. The zero-order chi connectivity index (χ0) is 11.7. The Morgan fingerprint density at radius 3 is 2.69 bits per heavy atom. The first kappa shape index (κ1) is 11.0. The molecule has 0 atom stereocenters. The van der Waals surface area contributed by atoms with E-state index in [0.717, 1.165) is 10.9 Å². The van der Waals surface area contributed by atoms with E-state index in [1.165, 1.54) is 10.2 Å². The molecule has 0 spiro atoms. The van der Waals surface area contributed by atoms with E-state index in [4.69, 9.17) is 0 Å². The third-order valence-electron chi connectivity index (χ3n) is 2.57. The van der Waals surface area contributed by atoms with Gasteiger partial charge in [-0.3, -0.25) is 4.68 Å². The van der Waals surface area contributed by atoms with Crippen molar-refractivity contribution >= 4 is 10.9 Å². The summed E-state index contributed by atoms with van der Waals surface area (Å²) in [5, 5.41) is 5.01. The van der Waals surface area contributed by atoms with Crippen molar-refractivity contribution in [1.29, 1.82) is 0 Å². The molecule has 0 aliphatic heterocycles. The smallest absolute Gasteiger partial charge is 0.257 e. The van der Waals surface area contributed by atoms with Crippen molar-refractivity contribution < 1.29 is 8.78 Å². The second kappa shape index (κ2) is 4.20. The van der Waals surface area contributed by atoms with E-state index in [2.05, 4.69) is 18.9 Å². The van der Waals surface area contributed by atoms with Crippen molar-refractivity contribution in [1.82, 2.24) is 9.78 Å². The van der Waals surface area contributed by atoms with Crippen molar-refractivity contribution in [2.45, 2.75) is 32.7 Å². The number of nitrogens with zero attached hydrogens (tertiary/aromatic N) is 2. The van der Waals surface area contributed by atoms with Crippen LogP contribution in [0.1, 0.15) is 25.3 Å². The lowest BCUT2D eigenvalue weighted by molar-refractivity contribution is 0.122. The average molecular weight is 224 g/mol. The highest BCUT2D eigenvalue weighted by molar-refractivity contribution is 5.78. The maximum absolute atomic E-state index is 12.2. The third-order valence-corrected chi connectivity index (χ3v) is 2.57. The molecular formula is C12H14F2N2. The lowest BCUT2D eigenvalue weighted by Crippen LogP contribution is -2.06. The summed E-state index contributed by atoms with van der Waals surface area (Å²) in [7, 11) is 0. The summed E-state index contributed by atoms with van der Waals surface area (Å²) in [6.45, 7) is 3.86. The van der Waals surface area contributed by atoms with Gasteiger partial charge in [0.25, 0.3) is 6.43 Å². The number of fused-ring (bicyclic) bond motifs is 1. The number of alkyl halides is 2. The Kier molecular flexibility index (Phi) is 2.90. The van der Waals surface area contributed by atoms with Crippen LogP contribution in [0, 0.1) is 0 Å². The van der Waals surface area contributed by atoms with Crippen LogP contribution in [0.3, 0.4) is 0 Å². The quantitative estimate of drug-likeness (QED) is 0.781. The zero-order valence-electron chi connectivity index (χ0n) is 9.32. The fourth-order valence-corrected chi connectivity index (χ4v) is 1.69. The first-order valence-electron chi connectivity index (χ1n) is 5.31. The van der Waals surface area contributed by atoms with E-state index in [1.54, 1.807) is 6.20 Å². The van der Waals surface area contributed by atoms with Gasteiger partial charge in [0.2, 0.25) is 0 Å². The minimum Gasteiger partial charge on any atom is -0.266 e. The molecule has 86 valence electrons. The second-order valence-corrected chi connectivity index (χ2v) is 4.22. The summed E-state index contributed by atoms with van der Waals surface area (Å²) >= 11 is 0. The Labute approximate surface area is 92.9 Å². The number of rotatable bonds is 3. The second-order valence-electron chi connectivity index (χ2n) is 4.22. The lowest BCUT2D eigenvalue weighted by atomic mass is 10.0. The Morgan fingerprint density at radius 1 is 1.31 bits per heavy atom. The first-order valence-corrected chi connectivity index (χ1v) is 5.31. The molecule has 0 saturated heterocycles. The number of halogens is 2. The van der Waals surface area contributed by atoms with E-state index in [9.17, 15) is 8.78 Å². The van der Waals surface area contributed by atoms with Crippen LogP contribution < -0.4 is 0 Å². The van der Waals surface area contributed by atoms with Crippen LogP contribution in [0.15, 0.2) is 24.4 Å². The fourth-order valence-electron chi connectivity index (χ4n) is 1.69. The summed E-state index contributed by atoms with van der Waals surface area (Å²) in [5.74, 6) is 0.433. The van der Waals surface area contributed by atoms with Crippen molar-refractivity contribution in [3.8, 4) is 0 Å². The van der Waals surface area contributed by atoms with Gasteiger partial charge in [-0.05, 0) is 23.6 Å². The van der Waals surface area contributed by atoms with Crippen molar-refractivity contribution in [2.75, 3.05) is 0 Å². The van der Waals surface area contributed by atoms with E-state index in [-0.39, 0.29) is 6.54 Å². The Morgan fingerprint density at radius 2 is 2.06 bits per heavy atom. The minimum atomic E-state index is -2.36. The number of hydrogen-bond acceptors (Lipinski definition) is 1. The van der Waals surface area contributed by atoms with Crippen LogP contribution in [0.5, 0.6) is 0 Å². The van der Waals surface area contributed by atoms with Gasteiger partial charge in [0.05, 0.1) is 5.52 Å². The molecule has 0 fully saturated rings. The van der Waals surface area contributed by atoms with Crippen LogP contribution in [0.25, 0.3) is 10.9 Å². The molecule has 1 aromatic heterocycles. The predicted octanol–water partition coefficient (Wildman–Crippen LogP) is 3.42. The van der Waals surface area contributed by atoms with Crippen LogP contribution in [0.4, 0.5) is 8.78 Å². The monoisotopic (exact) mass is 224 g/mol. The normalized spacial score (nSPS) is 11.9. The topological polar surface area (TPSA) is 17.8 Å². The van der Waals surface area contributed by atoms with Crippen molar-refractivity contribution in [3.05, 3.63) is 30.0 Å². The summed E-state index contributed by atoms with van der Waals surface area (Å²) < 4.78 is 25.7. The molecule has 1 aromatic carbocycles. The van der Waals surface area contributed by atoms with E-state index in [1.807, 2.05) is 18.2 Å². The summed E-state index contributed by atoms with van der Waals surface area (Å²) in [6.07, 6.45) is -0.688. The molecule has 0 radical (unpaired) electrons. The molecule has 4 heteroatoms. The van der Waals surface area contributed by atoms with Gasteiger partial charge < -0.3 is 0 Å². The summed E-state index contributed by atoms with van der Waals surface area (Å²) in [4.78, 5) is 0. The van der Waals surface area contributed by atoms with Gasteiger partial charge in [-0.25, -0.2) is 8.78 Å². The highest BCUT2D eigenvalue weighted by Gasteiger charge is 2.08. The van der Waals surface area contributed by atoms with Gasteiger partial charge in [-0.1, -0.05) is 19.9 Å².